The molecule has 110 valence electrons. The Morgan fingerprint density at radius 3 is 2.62 bits per heavy atom. The van der Waals surface area contributed by atoms with Crippen molar-refractivity contribution in [1.82, 2.24) is 9.88 Å². The van der Waals surface area contributed by atoms with Crippen molar-refractivity contribution in [3.8, 4) is 0 Å². The van der Waals surface area contributed by atoms with Gasteiger partial charge in [0.15, 0.2) is 6.29 Å². The zero-order valence-electron chi connectivity index (χ0n) is 12.6. The van der Waals surface area contributed by atoms with E-state index >= 15 is 0 Å². The summed E-state index contributed by atoms with van der Waals surface area (Å²) in [4.78, 5) is 20.7. The third kappa shape index (κ3) is 2.76. The highest BCUT2D eigenvalue weighted by atomic mass is 16.1. The van der Waals surface area contributed by atoms with E-state index in [9.17, 15) is 4.79 Å². The second-order valence-corrected chi connectivity index (χ2v) is 5.89. The van der Waals surface area contributed by atoms with Gasteiger partial charge in [-0.1, -0.05) is 18.2 Å². The van der Waals surface area contributed by atoms with Crippen molar-refractivity contribution in [2.45, 2.75) is 18.9 Å². The van der Waals surface area contributed by atoms with Gasteiger partial charge in [-0.3, -0.25) is 4.79 Å². The van der Waals surface area contributed by atoms with Crippen molar-refractivity contribution in [3.63, 3.8) is 0 Å². The molecule has 0 aliphatic carbocycles. The number of piperidine rings is 1. The number of carbonyl (C=O) groups is 1. The van der Waals surface area contributed by atoms with Crippen LogP contribution in [0.4, 0.5) is 5.82 Å². The average Bonchev–Trinajstić information content (AvgIpc) is 2.53. The van der Waals surface area contributed by atoms with Crippen molar-refractivity contribution in [2.24, 2.45) is 0 Å². The fraction of sp³-hybridized carbons (Fsp3) is 0.412. The molecule has 1 fully saturated rings. The first kappa shape index (κ1) is 14.0. The van der Waals surface area contributed by atoms with Crippen LogP contribution in [-0.4, -0.2) is 49.4 Å². The van der Waals surface area contributed by atoms with Crippen LogP contribution in [-0.2, 0) is 0 Å². The van der Waals surface area contributed by atoms with Gasteiger partial charge in [-0.15, -0.1) is 0 Å². The fourth-order valence-electron chi connectivity index (χ4n) is 3.06. The third-order valence-electron chi connectivity index (χ3n) is 4.35. The standard InChI is InChI=1S/C17H21N3O/c1-19(2)15-7-9-20(10-8-15)17-14(12-21)11-13-5-3-4-6-16(13)18-17/h3-6,11-12,15H,7-10H2,1-2H3. The molecule has 0 amide bonds. The summed E-state index contributed by atoms with van der Waals surface area (Å²) in [5.74, 6) is 0.834. The van der Waals surface area contributed by atoms with Crippen LogP contribution in [0.5, 0.6) is 0 Å². The number of rotatable bonds is 3. The Kier molecular flexibility index (Phi) is 3.88. The molecule has 0 saturated carbocycles. The van der Waals surface area contributed by atoms with E-state index in [4.69, 9.17) is 4.98 Å². The van der Waals surface area contributed by atoms with Crippen molar-refractivity contribution < 1.29 is 4.79 Å². The number of carbonyl (C=O) groups excluding carboxylic acids is 1. The third-order valence-corrected chi connectivity index (χ3v) is 4.35. The lowest BCUT2D eigenvalue weighted by atomic mass is 10.0. The number of hydrogen-bond acceptors (Lipinski definition) is 4. The van der Waals surface area contributed by atoms with Gasteiger partial charge in [-0.25, -0.2) is 4.98 Å². The predicted octanol–water partition coefficient (Wildman–Crippen LogP) is 2.58. The molecule has 2 aromatic rings. The van der Waals surface area contributed by atoms with Crippen LogP contribution in [0.2, 0.25) is 0 Å². The van der Waals surface area contributed by atoms with E-state index in [1.54, 1.807) is 0 Å². The lowest BCUT2D eigenvalue weighted by Crippen LogP contribution is -2.42. The molecule has 4 nitrogen and oxygen atoms in total. The molecule has 0 unspecified atom stereocenters. The van der Waals surface area contributed by atoms with E-state index < -0.39 is 0 Å². The Hall–Kier alpha value is -1.94. The highest BCUT2D eigenvalue weighted by Gasteiger charge is 2.23. The number of anilines is 1. The van der Waals surface area contributed by atoms with Crippen LogP contribution in [0.25, 0.3) is 10.9 Å². The highest BCUT2D eigenvalue weighted by molar-refractivity contribution is 5.91. The van der Waals surface area contributed by atoms with Gasteiger partial charge in [0.05, 0.1) is 11.1 Å². The van der Waals surface area contributed by atoms with Gasteiger partial charge in [0.1, 0.15) is 5.82 Å². The molecule has 1 aliphatic rings. The van der Waals surface area contributed by atoms with Gasteiger partial charge in [0, 0.05) is 24.5 Å². The van der Waals surface area contributed by atoms with E-state index in [2.05, 4.69) is 23.9 Å². The van der Waals surface area contributed by atoms with Crippen molar-refractivity contribution >= 4 is 23.0 Å². The molecule has 0 radical (unpaired) electrons. The molecular weight excluding hydrogens is 262 g/mol. The van der Waals surface area contributed by atoms with Crippen LogP contribution in [0.3, 0.4) is 0 Å². The maximum Gasteiger partial charge on any atom is 0.153 e. The number of pyridine rings is 1. The number of para-hydroxylation sites is 1. The molecule has 3 rings (SSSR count). The van der Waals surface area contributed by atoms with Crippen LogP contribution >= 0.6 is 0 Å². The van der Waals surface area contributed by atoms with Gasteiger partial charge in [-0.2, -0.15) is 0 Å². The summed E-state index contributed by atoms with van der Waals surface area (Å²) < 4.78 is 0. The topological polar surface area (TPSA) is 36.4 Å². The van der Waals surface area contributed by atoms with E-state index in [-0.39, 0.29) is 0 Å². The van der Waals surface area contributed by atoms with Gasteiger partial charge in [0.25, 0.3) is 0 Å². The van der Waals surface area contributed by atoms with Crippen molar-refractivity contribution in [2.75, 3.05) is 32.1 Å². The molecule has 0 N–H and O–H groups in total. The van der Waals surface area contributed by atoms with E-state index in [0.717, 1.165) is 48.9 Å². The molecule has 1 aromatic carbocycles. The second-order valence-electron chi connectivity index (χ2n) is 5.89. The monoisotopic (exact) mass is 283 g/mol. The maximum absolute atomic E-state index is 11.4. The van der Waals surface area contributed by atoms with Crippen LogP contribution in [0, 0.1) is 0 Å². The minimum Gasteiger partial charge on any atom is -0.356 e. The van der Waals surface area contributed by atoms with Crippen LogP contribution < -0.4 is 4.90 Å². The van der Waals surface area contributed by atoms with Gasteiger partial charge in [-0.05, 0) is 39.1 Å². The van der Waals surface area contributed by atoms with Crippen LogP contribution in [0.1, 0.15) is 23.2 Å². The molecular formula is C17H21N3O. The van der Waals surface area contributed by atoms with Gasteiger partial charge in [0.2, 0.25) is 0 Å². The molecule has 2 heterocycles. The first-order valence-corrected chi connectivity index (χ1v) is 7.45. The second kappa shape index (κ2) is 5.82. The van der Waals surface area contributed by atoms with Crippen molar-refractivity contribution in [3.05, 3.63) is 35.9 Å². The minimum atomic E-state index is 0.626. The van der Waals surface area contributed by atoms with E-state index in [1.165, 1.54) is 0 Å². The summed E-state index contributed by atoms with van der Waals surface area (Å²) in [6, 6.07) is 10.5. The van der Waals surface area contributed by atoms with E-state index in [1.807, 2.05) is 30.3 Å². The molecule has 0 bridgehead atoms. The summed E-state index contributed by atoms with van der Waals surface area (Å²) in [6.45, 7) is 1.91. The molecule has 1 aromatic heterocycles. The van der Waals surface area contributed by atoms with Crippen molar-refractivity contribution in [1.29, 1.82) is 0 Å². The number of fused-ring (bicyclic) bond motifs is 1. The SMILES string of the molecule is CN(C)C1CCN(c2nc3ccccc3cc2C=O)CC1. The zero-order valence-corrected chi connectivity index (χ0v) is 12.6. The van der Waals surface area contributed by atoms with E-state index in [0.29, 0.717) is 11.6 Å². The minimum absolute atomic E-state index is 0.626. The average molecular weight is 283 g/mol. The molecule has 4 heteroatoms. The highest BCUT2D eigenvalue weighted by Crippen LogP contribution is 2.26. The molecule has 0 spiro atoms. The first-order chi connectivity index (χ1) is 10.2. The number of hydrogen-bond donors (Lipinski definition) is 0. The number of aldehydes is 1. The summed E-state index contributed by atoms with van der Waals surface area (Å²) >= 11 is 0. The summed E-state index contributed by atoms with van der Waals surface area (Å²) in [7, 11) is 4.26. The summed E-state index contributed by atoms with van der Waals surface area (Å²) in [5, 5.41) is 1.02. The Morgan fingerprint density at radius 2 is 1.95 bits per heavy atom. The predicted molar refractivity (Wildman–Crippen MR) is 86.1 cm³/mol. The maximum atomic E-state index is 11.4. The summed E-state index contributed by atoms with van der Waals surface area (Å²) in [6.07, 6.45) is 3.15. The quantitative estimate of drug-likeness (QED) is 0.811. The smallest absolute Gasteiger partial charge is 0.153 e. The first-order valence-electron chi connectivity index (χ1n) is 7.45. The normalized spacial score (nSPS) is 16.6. The lowest BCUT2D eigenvalue weighted by molar-refractivity contribution is 0.112. The van der Waals surface area contributed by atoms with Gasteiger partial charge < -0.3 is 9.80 Å². The largest absolute Gasteiger partial charge is 0.356 e. The van der Waals surface area contributed by atoms with Crippen LogP contribution in [0.15, 0.2) is 30.3 Å². The fourth-order valence-corrected chi connectivity index (χ4v) is 3.06. The lowest BCUT2D eigenvalue weighted by Gasteiger charge is -2.36. The molecule has 1 saturated heterocycles. The molecule has 21 heavy (non-hydrogen) atoms. The summed E-state index contributed by atoms with van der Waals surface area (Å²) in [5.41, 5.74) is 1.64. The Bertz CT molecular complexity index is 646. The van der Waals surface area contributed by atoms with Gasteiger partial charge >= 0.3 is 0 Å². The Labute approximate surface area is 125 Å². The Morgan fingerprint density at radius 1 is 1.24 bits per heavy atom. The number of aromatic nitrogens is 1. The zero-order chi connectivity index (χ0) is 14.8. The Balaban J connectivity index is 1.91. The number of benzene rings is 1. The number of nitrogens with zero attached hydrogens (tertiary/aromatic N) is 3. The molecule has 1 aliphatic heterocycles. The molecule has 0 atom stereocenters.